The first-order valence-corrected chi connectivity index (χ1v) is 11.2. The Morgan fingerprint density at radius 1 is 1.15 bits per heavy atom. The molecule has 178 valence electrons. The minimum atomic E-state index is -0.670. The summed E-state index contributed by atoms with van der Waals surface area (Å²) in [5, 5.41) is 3.48. The Labute approximate surface area is 199 Å². The van der Waals surface area contributed by atoms with Crippen LogP contribution in [0.4, 0.5) is 5.69 Å². The van der Waals surface area contributed by atoms with Crippen molar-refractivity contribution in [1.82, 2.24) is 9.80 Å². The van der Waals surface area contributed by atoms with Crippen LogP contribution in [-0.4, -0.2) is 48.4 Å². The summed E-state index contributed by atoms with van der Waals surface area (Å²) in [6, 6.07) is 16.6. The van der Waals surface area contributed by atoms with E-state index in [1.54, 1.807) is 44.3 Å². The number of amides is 2. The van der Waals surface area contributed by atoms with Gasteiger partial charge in [-0.25, -0.2) is 0 Å². The number of ether oxygens (including phenoxy) is 2. The van der Waals surface area contributed by atoms with Crippen LogP contribution in [0.5, 0.6) is 11.5 Å². The molecule has 0 spiro atoms. The number of rotatable bonds is 8. The molecule has 1 aliphatic rings. The lowest BCUT2D eigenvalue weighted by Gasteiger charge is -2.38. The Morgan fingerprint density at radius 3 is 2.65 bits per heavy atom. The molecule has 0 fully saturated rings. The van der Waals surface area contributed by atoms with Gasteiger partial charge in [0.2, 0.25) is 0 Å². The predicted octanol–water partition coefficient (Wildman–Crippen LogP) is 4.30. The molecule has 1 aromatic heterocycles. The number of furan rings is 1. The molecule has 2 heterocycles. The second-order valence-electron chi connectivity index (χ2n) is 8.24. The minimum Gasteiger partial charge on any atom is -0.490 e. The van der Waals surface area contributed by atoms with Gasteiger partial charge in [-0.3, -0.25) is 9.59 Å². The fourth-order valence-electron chi connectivity index (χ4n) is 3.95. The third-order valence-corrected chi connectivity index (χ3v) is 5.60. The molecule has 0 bridgehead atoms. The van der Waals surface area contributed by atoms with Gasteiger partial charge in [-0.15, -0.1) is 0 Å². The number of nitrogens with zero attached hydrogens (tertiary/aromatic N) is 2. The molecular weight excluding hydrogens is 434 g/mol. The summed E-state index contributed by atoms with van der Waals surface area (Å²) in [7, 11) is 3.37. The number of likely N-dealkylation sites (N-methyl/N-ethyl adjacent to an activating group) is 1. The van der Waals surface area contributed by atoms with Crippen molar-refractivity contribution < 1.29 is 23.5 Å². The van der Waals surface area contributed by atoms with Crippen LogP contribution in [0.2, 0.25) is 0 Å². The Kier molecular flexibility index (Phi) is 6.77. The SMILES string of the molecule is CCOc1cc([C@@H]2Nc3ccccc3C(=O)N2Cc2ccco2)ccc1O[C@H](C)C(=O)N(C)C. The molecule has 2 aromatic carbocycles. The van der Waals surface area contributed by atoms with Crippen molar-refractivity contribution in [3.63, 3.8) is 0 Å². The van der Waals surface area contributed by atoms with Crippen LogP contribution in [0, 0.1) is 0 Å². The summed E-state index contributed by atoms with van der Waals surface area (Å²) in [6.45, 7) is 4.31. The van der Waals surface area contributed by atoms with Gasteiger partial charge in [0, 0.05) is 19.8 Å². The molecular formula is C26H29N3O5. The zero-order valence-electron chi connectivity index (χ0n) is 19.8. The number of carbonyl (C=O) groups excluding carboxylic acids is 2. The highest BCUT2D eigenvalue weighted by molar-refractivity contribution is 6.01. The summed E-state index contributed by atoms with van der Waals surface area (Å²) < 4.78 is 17.3. The van der Waals surface area contributed by atoms with Crippen LogP contribution in [0.15, 0.2) is 65.3 Å². The molecule has 34 heavy (non-hydrogen) atoms. The minimum absolute atomic E-state index is 0.0979. The second kappa shape index (κ2) is 9.91. The normalized spacial score (nSPS) is 15.8. The van der Waals surface area contributed by atoms with E-state index < -0.39 is 12.3 Å². The average Bonchev–Trinajstić information content (AvgIpc) is 3.34. The quantitative estimate of drug-likeness (QED) is 0.536. The maximum Gasteiger partial charge on any atom is 0.262 e. The lowest BCUT2D eigenvalue weighted by Crippen LogP contribution is -2.42. The molecule has 4 rings (SSSR count). The molecule has 1 N–H and O–H groups in total. The van der Waals surface area contributed by atoms with Gasteiger partial charge in [0.15, 0.2) is 17.6 Å². The van der Waals surface area contributed by atoms with Gasteiger partial charge >= 0.3 is 0 Å². The van der Waals surface area contributed by atoms with Crippen molar-refractivity contribution >= 4 is 17.5 Å². The van der Waals surface area contributed by atoms with Crippen LogP contribution in [0.1, 0.15) is 41.7 Å². The molecule has 0 unspecified atom stereocenters. The van der Waals surface area contributed by atoms with Crippen molar-refractivity contribution in [2.75, 3.05) is 26.0 Å². The molecule has 0 saturated carbocycles. The van der Waals surface area contributed by atoms with E-state index >= 15 is 0 Å². The van der Waals surface area contributed by atoms with Gasteiger partial charge in [-0.05, 0) is 55.8 Å². The number of para-hydroxylation sites is 1. The molecule has 0 radical (unpaired) electrons. The standard InChI is InChI=1S/C26H29N3O5/c1-5-32-23-15-18(12-13-22(23)34-17(2)25(30)28(3)4)24-27-21-11-7-6-10-20(21)26(31)29(24)16-19-9-8-14-33-19/h6-15,17,24,27H,5,16H2,1-4H3/t17-,24-/m1/s1. The van der Waals surface area contributed by atoms with Crippen LogP contribution in [0.25, 0.3) is 0 Å². The number of benzene rings is 2. The Bertz CT molecular complexity index is 1160. The highest BCUT2D eigenvalue weighted by atomic mass is 16.5. The molecule has 3 aromatic rings. The topological polar surface area (TPSA) is 84.2 Å². The Balaban J connectivity index is 1.69. The van der Waals surface area contributed by atoms with Crippen molar-refractivity contribution in [2.45, 2.75) is 32.7 Å². The lowest BCUT2D eigenvalue weighted by atomic mass is 10.0. The molecule has 0 saturated heterocycles. The van der Waals surface area contributed by atoms with Crippen LogP contribution in [0.3, 0.4) is 0 Å². The third kappa shape index (κ3) is 4.71. The maximum absolute atomic E-state index is 13.4. The summed E-state index contributed by atoms with van der Waals surface area (Å²) in [4.78, 5) is 28.9. The smallest absolute Gasteiger partial charge is 0.262 e. The van der Waals surface area contributed by atoms with E-state index in [1.807, 2.05) is 49.4 Å². The molecule has 8 heteroatoms. The Morgan fingerprint density at radius 2 is 1.94 bits per heavy atom. The zero-order valence-corrected chi connectivity index (χ0v) is 19.8. The predicted molar refractivity (Wildman–Crippen MR) is 128 cm³/mol. The van der Waals surface area contributed by atoms with E-state index in [9.17, 15) is 9.59 Å². The lowest BCUT2D eigenvalue weighted by molar-refractivity contribution is -0.135. The monoisotopic (exact) mass is 463 g/mol. The number of hydrogen-bond acceptors (Lipinski definition) is 6. The van der Waals surface area contributed by atoms with E-state index in [-0.39, 0.29) is 11.8 Å². The highest BCUT2D eigenvalue weighted by Crippen LogP contribution is 2.38. The highest BCUT2D eigenvalue weighted by Gasteiger charge is 2.34. The number of hydrogen-bond donors (Lipinski definition) is 1. The summed E-state index contributed by atoms with van der Waals surface area (Å²) in [5.41, 5.74) is 2.18. The van der Waals surface area contributed by atoms with E-state index in [1.165, 1.54) is 4.90 Å². The van der Waals surface area contributed by atoms with Crippen LogP contribution < -0.4 is 14.8 Å². The molecule has 2 amide bonds. The third-order valence-electron chi connectivity index (χ3n) is 5.60. The molecule has 1 aliphatic heterocycles. The first-order valence-electron chi connectivity index (χ1n) is 11.2. The molecule has 2 atom stereocenters. The molecule has 8 nitrogen and oxygen atoms in total. The number of carbonyl (C=O) groups is 2. The van der Waals surface area contributed by atoms with E-state index in [0.717, 1.165) is 11.3 Å². The van der Waals surface area contributed by atoms with Gasteiger partial charge in [-0.2, -0.15) is 0 Å². The number of nitrogens with one attached hydrogen (secondary N) is 1. The number of anilines is 1. The van der Waals surface area contributed by atoms with Gasteiger partial charge in [0.25, 0.3) is 11.8 Å². The zero-order chi connectivity index (χ0) is 24.2. The fraction of sp³-hybridized carbons (Fsp3) is 0.308. The van der Waals surface area contributed by atoms with E-state index in [0.29, 0.717) is 36.0 Å². The number of fused-ring (bicyclic) bond motifs is 1. The van der Waals surface area contributed by atoms with Crippen molar-refractivity contribution in [1.29, 1.82) is 0 Å². The summed E-state index contributed by atoms with van der Waals surface area (Å²) in [6.07, 6.45) is 0.466. The second-order valence-corrected chi connectivity index (χ2v) is 8.24. The van der Waals surface area contributed by atoms with Gasteiger partial charge in [-0.1, -0.05) is 18.2 Å². The first kappa shape index (κ1) is 23.2. The van der Waals surface area contributed by atoms with Crippen LogP contribution in [-0.2, 0) is 11.3 Å². The fourth-order valence-corrected chi connectivity index (χ4v) is 3.95. The van der Waals surface area contributed by atoms with Gasteiger partial charge < -0.3 is 29.0 Å². The van der Waals surface area contributed by atoms with Gasteiger partial charge in [0.1, 0.15) is 11.9 Å². The van der Waals surface area contributed by atoms with Crippen molar-refractivity contribution in [3.05, 3.63) is 77.7 Å². The summed E-state index contributed by atoms with van der Waals surface area (Å²) in [5.74, 6) is 1.41. The summed E-state index contributed by atoms with van der Waals surface area (Å²) >= 11 is 0. The van der Waals surface area contributed by atoms with Gasteiger partial charge in [0.05, 0.1) is 25.0 Å². The van der Waals surface area contributed by atoms with Crippen molar-refractivity contribution in [3.8, 4) is 11.5 Å². The van der Waals surface area contributed by atoms with Crippen LogP contribution >= 0.6 is 0 Å². The van der Waals surface area contributed by atoms with Crippen molar-refractivity contribution in [2.24, 2.45) is 0 Å². The van der Waals surface area contributed by atoms with E-state index in [4.69, 9.17) is 13.9 Å². The largest absolute Gasteiger partial charge is 0.490 e. The molecule has 0 aliphatic carbocycles. The average molecular weight is 464 g/mol. The first-order chi connectivity index (χ1) is 16.4. The maximum atomic E-state index is 13.4. The van der Waals surface area contributed by atoms with E-state index in [2.05, 4.69) is 5.32 Å². The Hall–Kier alpha value is -3.94.